The van der Waals surface area contributed by atoms with Crippen molar-refractivity contribution in [3.05, 3.63) is 0 Å². The molecule has 2 N–H and O–H groups in total. The van der Waals surface area contributed by atoms with E-state index in [9.17, 15) is 4.79 Å². The van der Waals surface area contributed by atoms with Crippen LogP contribution in [0.15, 0.2) is 0 Å². The quantitative estimate of drug-likeness (QED) is 0.508. The molecule has 0 spiro atoms. The zero-order valence-electron chi connectivity index (χ0n) is 7.14. The zero-order chi connectivity index (χ0) is 8.53. The molecule has 0 aliphatic heterocycles. The summed E-state index contributed by atoms with van der Waals surface area (Å²) in [5.41, 5.74) is 0. The molecule has 0 fully saturated rings. The van der Waals surface area contributed by atoms with E-state index in [0.29, 0.717) is 19.6 Å². The van der Waals surface area contributed by atoms with Crippen LogP contribution in [-0.2, 0) is 9.53 Å². The maximum absolute atomic E-state index is 10.7. The third-order valence-electron chi connectivity index (χ3n) is 1.29. The lowest BCUT2D eigenvalue weighted by atomic mass is 10.4. The minimum absolute atomic E-state index is 0.0647. The van der Waals surface area contributed by atoms with Gasteiger partial charge in [0.15, 0.2) is 0 Å². The van der Waals surface area contributed by atoms with Crippen molar-refractivity contribution >= 4 is 5.91 Å². The molecule has 0 atom stereocenters. The van der Waals surface area contributed by atoms with Gasteiger partial charge in [0.25, 0.3) is 0 Å². The van der Waals surface area contributed by atoms with E-state index >= 15 is 0 Å². The predicted molar refractivity (Wildman–Crippen MR) is 43.4 cm³/mol. The average molecular weight is 160 g/mol. The second-order valence-corrected chi connectivity index (χ2v) is 2.17. The molecule has 1 amide bonds. The van der Waals surface area contributed by atoms with E-state index in [-0.39, 0.29) is 5.91 Å². The molecule has 0 aromatic carbocycles. The van der Waals surface area contributed by atoms with Gasteiger partial charge in [-0.05, 0) is 0 Å². The summed E-state index contributed by atoms with van der Waals surface area (Å²) in [6.07, 6.45) is 0.528. The Bertz CT molecular complexity index is 107. The Hall–Kier alpha value is -0.610. The lowest BCUT2D eigenvalue weighted by Crippen LogP contribution is -2.26. The van der Waals surface area contributed by atoms with Crippen molar-refractivity contribution in [1.82, 2.24) is 10.6 Å². The Morgan fingerprint density at radius 3 is 2.73 bits per heavy atom. The van der Waals surface area contributed by atoms with E-state index < -0.39 is 0 Å². The van der Waals surface area contributed by atoms with E-state index in [1.807, 2.05) is 0 Å². The first-order valence-corrected chi connectivity index (χ1v) is 3.71. The van der Waals surface area contributed by atoms with Crippen molar-refractivity contribution in [1.29, 1.82) is 0 Å². The van der Waals surface area contributed by atoms with Gasteiger partial charge in [-0.15, -0.1) is 0 Å². The van der Waals surface area contributed by atoms with Gasteiger partial charge in [0, 0.05) is 33.7 Å². The second kappa shape index (κ2) is 7.50. The van der Waals surface area contributed by atoms with Gasteiger partial charge in [-0.1, -0.05) is 0 Å². The van der Waals surface area contributed by atoms with Gasteiger partial charge in [-0.3, -0.25) is 4.79 Å². The molecule has 0 unspecified atom stereocenters. The molecule has 0 heterocycles. The van der Waals surface area contributed by atoms with Crippen molar-refractivity contribution in [3.63, 3.8) is 0 Å². The summed E-state index contributed by atoms with van der Waals surface area (Å²) in [4.78, 5) is 10.7. The third-order valence-corrected chi connectivity index (χ3v) is 1.29. The minimum atomic E-state index is 0.0647. The van der Waals surface area contributed by atoms with Crippen LogP contribution in [0.3, 0.4) is 0 Å². The van der Waals surface area contributed by atoms with Crippen LogP contribution in [0.1, 0.15) is 6.42 Å². The Morgan fingerprint density at radius 1 is 1.45 bits per heavy atom. The number of hydrogen-bond acceptors (Lipinski definition) is 3. The second-order valence-electron chi connectivity index (χ2n) is 2.17. The summed E-state index contributed by atoms with van der Waals surface area (Å²) in [6, 6.07) is 0. The van der Waals surface area contributed by atoms with Crippen LogP contribution >= 0.6 is 0 Å². The Kier molecular flexibility index (Phi) is 7.08. The number of nitrogens with one attached hydrogen (secondary N) is 2. The molecule has 0 saturated heterocycles. The first-order chi connectivity index (χ1) is 5.31. The molecule has 0 aromatic rings. The molecule has 0 aromatic heterocycles. The number of carbonyl (C=O) groups excluding carboxylic acids is 1. The van der Waals surface area contributed by atoms with E-state index in [0.717, 1.165) is 6.54 Å². The Labute approximate surface area is 67.3 Å². The lowest BCUT2D eigenvalue weighted by molar-refractivity contribution is -0.120. The van der Waals surface area contributed by atoms with Gasteiger partial charge < -0.3 is 15.4 Å². The summed E-state index contributed by atoms with van der Waals surface area (Å²) in [6.45, 7) is 2.20. The lowest BCUT2D eigenvalue weighted by Gasteiger charge is -2.02. The van der Waals surface area contributed by atoms with E-state index in [4.69, 9.17) is 4.74 Å². The molecule has 0 saturated carbocycles. The topological polar surface area (TPSA) is 50.4 Å². The molecule has 0 rings (SSSR count). The number of methoxy groups -OCH3 is 1. The van der Waals surface area contributed by atoms with Crippen LogP contribution in [0.2, 0.25) is 0 Å². The molecule has 0 aliphatic carbocycles. The fourth-order valence-corrected chi connectivity index (χ4v) is 0.626. The number of amides is 1. The van der Waals surface area contributed by atoms with Crippen molar-refractivity contribution in [2.75, 3.05) is 33.9 Å². The number of hydrogen-bond donors (Lipinski definition) is 2. The third kappa shape index (κ3) is 7.29. The zero-order valence-corrected chi connectivity index (χ0v) is 7.14. The highest BCUT2D eigenvalue weighted by atomic mass is 16.5. The maximum atomic E-state index is 10.7. The monoisotopic (exact) mass is 160 g/mol. The highest BCUT2D eigenvalue weighted by Crippen LogP contribution is 1.74. The van der Waals surface area contributed by atoms with E-state index in [2.05, 4.69) is 10.6 Å². The van der Waals surface area contributed by atoms with E-state index in [1.165, 1.54) is 0 Å². The number of carbonyl (C=O) groups is 1. The standard InChI is InChI=1S/C7H16N2O2/c1-8-7(10)3-4-9-5-6-11-2/h9H,3-6H2,1-2H3,(H,8,10). The van der Waals surface area contributed by atoms with Crippen LogP contribution < -0.4 is 10.6 Å². The summed E-state index contributed by atoms with van der Waals surface area (Å²) in [5.74, 6) is 0.0647. The Balaban J connectivity index is 2.95. The SMILES string of the molecule is CNC(=O)CCNCCOC. The highest BCUT2D eigenvalue weighted by molar-refractivity contribution is 5.75. The first kappa shape index (κ1) is 10.4. The molecular weight excluding hydrogens is 144 g/mol. The molecule has 66 valence electrons. The fraction of sp³-hybridized carbons (Fsp3) is 0.857. The van der Waals surface area contributed by atoms with Gasteiger partial charge in [0.05, 0.1) is 6.61 Å². The maximum Gasteiger partial charge on any atom is 0.221 e. The van der Waals surface area contributed by atoms with Crippen LogP contribution in [-0.4, -0.2) is 39.8 Å². The van der Waals surface area contributed by atoms with Gasteiger partial charge in [0.1, 0.15) is 0 Å². The number of ether oxygens (including phenoxy) is 1. The summed E-state index contributed by atoms with van der Waals surface area (Å²) in [5, 5.41) is 5.61. The number of rotatable bonds is 6. The first-order valence-electron chi connectivity index (χ1n) is 3.71. The van der Waals surface area contributed by atoms with Crippen molar-refractivity contribution in [2.24, 2.45) is 0 Å². The van der Waals surface area contributed by atoms with Crippen LogP contribution in [0.4, 0.5) is 0 Å². The molecule has 0 radical (unpaired) electrons. The predicted octanol–water partition coefficient (Wildman–Crippen LogP) is -0.641. The Morgan fingerprint density at radius 2 is 2.18 bits per heavy atom. The van der Waals surface area contributed by atoms with E-state index in [1.54, 1.807) is 14.2 Å². The fourth-order valence-electron chi connectivity index (χ4n) is 0.626. The van der Waals surface area contributed by atoms with Gasteiger partial charge in [-0.2, -0.15) is 0 Å². The molecule has 0 bridgehead atoms. The van der Waals surface area contributed by atoms with Crippen molar-refractivity contribution in [3.8, 4) is 0 Å². The van der Waals surface area contributed by atoms with Gasteiger partial charge in [-0.25, -0.2) is 0 Å². The average Bonchev–Trinajstić information content (AvgIpc) is 2.04. The molecule has 11 heavy (non-hydrogen) atoms. The van der Waals surface area contributed by atoms with Crippen molar-refractivity contribution < 1.29 is 9.53 Å². The molecule has 4 nitrogen and oxygen atoms in total. The summed E-state index contributed by atoms with van der Waals surface area (Å²) >= 11 is 0. The smallest absolute Gasteiger partial charge is 0.221 e. The molecular formula is C7H16N2O2. The largest absolute Gasteiger partial charge is 0.383 e. The van der Waals surface area contributed by atoms with Crippen LogP contribution in [0.25, 0.3) is 0 Å². The highest BCUT2D eigenvalue weighted by Gasteiger charge is 1.94. The van der Waals surface area contributed by atoms with Crippen molar-refractivity contribution in [2.45, 2.75) is 6.42 Å². The minimum Gasteiger partial charge on any atom is -0.383 e. The molecule has 0 aliphatic rings. The van der Waals surface area contributed by atoms with Gasteiger partial charge in [0.2, 0.25) is 5.91 Å². The summed E-state index contributed by atoms with van der Waals surface area (Å²) in [7, 11) is 3.29. The normalized spacial score (nSPS) is 9.64. The summed E-state index contributed by atoms with van der Waals surface area (Å²) < 4.78 is 4.81. The van der Waals surface area contributed by atoms with Crippen LogP contribution in [0.5, 0.6) is 0 Å². The van der Waals surface area contributed by atoms with Crippen LogP contribution in [0, 0.1) is 0 Å². The molecule has 4 heteroatoms. The van der Waals surface area contributed by atoms with Gasteiger partial charge >= 0.3 is 0 Å².